The molecule has 1 aromatic rings. The number of benzene rings is 1. The fraction of sp³-hybridized carbons (Fsp3) is 0.667. The van der Waals surface area contributed by atoms with Crippen molar-refractivity contribution in [1.29, 1.82) is 0 Å². The Balaban J connectivity index is 2.15. The van der Waals surface area contributed by atoms with E-state index >= 15 is 0 Å². The molecule has 1 saturated heterocycles. The summed E-state index contributed by atoms with van der Waals surface area (Å²) < 4.78 is 22.7. The van der Waals surface area contributed by atoms with Crippen molar-refractivity contribution in [2.45, 2.75) is 90.9 Å². The molecule has 0 aliphatic carbocycles. The van der Waals surface area contributed by atoms with Crippen molar-refractivity contribution in [3.8, 4) is 0 Å². The number of esters is 1. The van der Waals surface area contributed by atoms with Crippen molar-refractivity contribution in [3.05, 3.63) is 35.9 Å². The van der Waals surface area contributed by atoms with Gasteiger partial charge in [-0.25, -0.2) is 9.59 Å². The van der Waals surface area contributed by atoms with Crippen LogP contribution in [-0.4, -0.2) is 42.7 Å². The highest BCUT2D eigenvalue weighted by Gasteiger charge is 2.36. The lowest BCUT2D eigenvalue weighted by Crippen LogP contribution is -2.52. The van der Waals surface area contributed by atoms with Gasteiger partial charge in [-0.2, -0.15) is 0 Å². The van der Waals surface area contributed by atoms with E-state index < -0.39 is 36.1 Å². The van der Waals surface area contributed by atoms with Crippen molar-refractivity contribution in [2.24, 2.45) is 5.92 Å². The minimum atomic E-state index is -0.998. The first-order valence-corrected chi connectivity index (χ1v) is 11.1. The first-order valence-electron chi connectivity index (χ1n) is 11.1. The molecule has 7 nitrogen and oxygen atoms in total. The molecule has 0 spiro atoms. The van der Waals surface area contributed by atoms with E-state index in [2.05, 4.69) is 5.32 Å². The Morgan fingerprint density at radius 2 is 1.87 bits per heavy atom. The fourth-order valence-corrected chi connectivity index (χ4v) is 3.33. The quantitative estimate of drug-likeness (QED) is 0.572. The van der Waals surface area contributed by atoms with Gasteiger partial charge in [0, 0.05) is 6.61 Å². The average Bonchev–Trinajstić information content (AvgIpc) is 2.69. The smallest absolute Gasteiger partial charge is 0.407 e. The molecule has 1 aromatic carbocycles. The first-order chi connectivity index (χ1) is 14.6. The van der Waals surface area contributed by atoms with Crippen molar-refractivity contribution >= 4 is 12.1 Å². The summed E-state index contributed by atoms with van der Waals surface area (Å²) in [6, 6.07) is 8.84. The highest BCUT2D eigenvalue weighted by Crippen LogP contribution is 2.21. The van der Waals surface area contributed by atoms with E-state index in [9.17, 15) is 9.59 Å². The van der Waals surface area contributed by atoms with Crippen LogP contribution < -0.4 is 5.32 Å². The fourth-order valence-electron chi connectivity index (χ4n) is 3.33. The third-order valence-electron chi connectivity index (χ3n) is 4.69. The van der Waals surface area contributed by atoms with Crippen LogP contribution >= 0.6 is 0 Å². The van der Waals surface area contributed by atoms with Crippen LogP contribution in [0, 0.1) is 5.92 Å². The van der Waals surface area contributed by atoms with Crippen molar-refractivity contribution in [3.63, 3.8) is 0 Å². The van der Waals surface area contributed by atoms with E-state index in [1.54, 1.807) is 20.8 Å². The third kappa shape index (κ3) is 9.70. The van der Waals surface area contributed by atoms with Crippen LogP contribution in [0.15, 0.2) is 30.3 Å². The second-order valence-electron chi connectivity index (χ2n) is 9.33. The summed E-state index contributed by atoms with van der Waals surface area (Å²) in [5, 5.41) is 2.83. The number of carbonyl (C=O) groups excluding carboxylic acids is 2. The molecule has 1 aliphatic rings. The molecule has 2 rings (SSSR count). The van der Waals surface area contributed by atoms with Gasteiger partial charge in [0.2, 0.25) is 0 Å². The van der Waals surface area contributed by atoms with Crippen LogP contribution in [0.5, 0.6) is 0 Å². The van der Waals surface area contributed by atoms with E-state index in [1.165, 1.54) is 0 Å². The van der Waals surface area contributed by atoms with Crippen LogP contribution in [0.2, 0.25) is 0 Å². The van der Waals surface area contributed by atoms with E-state index in [0.717, 1.165) is 18.4 Å². The van der Waals surface area contributed by atoms with Gasteiger partial charge in [0.1, 0.15) is 12.2 Å². The molecule has 1 N–H and O–H groups in total. The molecule has 1 amide bonds. The van der Waals surface area contributed by atoms with Crippen LogP contribution in [0.25, 0.3) is 0 Å². The summed E-state index contributed by atoms with van der Waals surface area (Å²) in [7, 11) is 0. The van der Waals surface area contributed by atoms with Crippen LogP contribution in [-0.2, 0) is 30.3 Å². The van der Waals surface area contributed by atoms with Crippen LogP contribution in [0.3, 0.4) is 0 Å². The number of hydrogen-bond acceptors (Lipinski definition) is 6. The van der Waals surface area contributed by atoms with Gasteiger partial charge in [-0.05, 0) is 57.9 Å². The first kappa shape index (κ1) is 25.1. The monoisotopic (exact) mass is 435 g/mol. The molecular formula is C24H37NO6. The number of rotatable bonds is 9. The number of amides is 1. The zero-order valence-corrected chi connectivity index (χ0v) is 19.4. The van der Waals surface area contributed by atoms with Crippen molar-refractivity contribution < 1.29 is 28.5 Å². The molecule has 174 valence electrons. The zero-order chi connectivity index (χ0) is 22.9. The number of ether oxygens (including phenoxy) is 4. The Morgan fingerprint density at radius 1 is 1.16 bits per heavy atom. The largest absolute Gasteiger partial charge is 0.459 e. The summed E-state index contributed by atoms with van der Waals surface area (Å²) in [4.78, 5) is 25.6. The molecule has 1 aliphatic heterocycles. The lowest BCUT2D eigenvalue weighted by Gasteiger charge is -2.33. The highest BCUT2D eigenvalue weighted by molar-refractivity contribution is 5.77. The van der Waals surface area contributed by atoms with Crippen molar-refractivity contribution in [2.75, 3.05) is 6.61 Å². The zero-order valence-electron chi connectivity index (χ0n) is 19.4. The average molecular weight is 436 g/mol. The maximum absolute atomic E-state index is 13.1. The Morgan fingerprint density at radius 3 is 2.45 bits per heavy atom. The predicted octanol–water partition coefficient (Wildman–Crippen LogP) is 4.58. The lowest BCUT2D eigenvalue weighted by atomic mass is 9.99. The number of hydrogen-bond donors (Lipinski definition) is 1. The van der Waals surface area contributed by atoms with Gasteiger partial charge in [0.05, 0.1) is 6.04 Å². The van der Waals surface area contributed by atoms with Gasteiger partial charge in [-0.15, -0.1) is 0 Å². The van der Waals surface area contributed by atoms with Crippen LogP contribution in [0.1, 0.15) is 65.9 Å². The van der Waals surface area contributed by atoms with Gasteiger partial charge in [-0.3, -0.25) is 0 Å². The number of carbonyl (C=O) groups is 2. The summed E-state index contributed by atoms with van der Waals surface area (Å²) in [5.41, 5.74) is 0.229. The maximum Gasteiger partial charge on any atom is 0.407 e. The molecule has 1 fully saturated rings. The molecule has 1 unspecified atom stereocenters. The second kappa shape index (κ2) is 12.1. The third-order valence-corrected chi connectivity index (χ3v) is 4.69. The van der Waals surface area contributed by atoms with Gasteiger partial charge in [0.25, 0.3) is 0 Å². The minimum Gasteiger partial charge on any atom is -0.459 e. The van der Waals surface area contributed by atoms with Gasteiger partial charge >= 0.3 is 12.1 Å². The summed E-state index contributed by atoms with van der Waals surface area (Å²) in [6.07, 6.45) is 1.06. The van der Waals surface area contributed by atoms with E-state index in [-0.39, 0.29) is 12.5 Å². The van der Waals surface area contributed by atoms with E-state index in [0.29, 0.717) is 19.4 Å². The Hall–Kier alpha value is -2.12. The molecular weight excluding hydrogens is 398 g/mol. The Kier molecular flexibility index (Phi) is 9.78. The Labute approximate surface area is 185 Å². The Bertz CT molecular complexity index is 679. The molecule has 7 heteroatoms. The lowest BCUT2D eigenvalue weighted by molar-refractivity contribution is -0.209. The normalized spacial score (nSPS) is 18.8. The van der Waals surface area contributed by atoms with E-state index in [4.69, 9.17) is 18.9 Å². The molecule has 0 saturated carbocycles. The maximum atomic E-state index is 13.1. The number of alkyl carbamates (subject to hydrolysis) is 1. The molecule has 0 bridgehead atoms. The van der Waals surface area contributed by atoms with Gasteiger partial charge in [0.15, 0.2) is 12.4 Å². The summed E-state index contributed by atoms with van der Waals surface area (Å²) in [5.74, 6) is -0.319. The summed E-state index contributed by atoms with van der Waals surface area (Å²) >= 11 is 0. The SMILES string of the molecule is CC(C)C[C@H](NC(=O)OC(C)(C)C)[C@@H](OC1CCCCO1)C(=O)OCc1ccccc1. The predicted molar refractivity (Wildman–Crippen MR) is 117 cm³/mol. The molecule has 0 radical (unpaired) electrons. The molecule has 1 heterocycles. The topological polar surface area (TPSA) is 83.1 Å². The van der Waals surface area contributed by atoms with E-state index in [1.807, 2.05) is 44.2 Å². The second-order valence-corrected chi connectivity index (χ2v) is 9.33. The standard InChI is InChI=1S/C24H37NO6/c1-17(2)15-19(25-23(27)31-24(3,4)5)21(30-20-13-9-10-14-28-20)22(26)29-16-18-11-7-6-8-12-18/h6-8,11-12,17,19-21H,9-10,13-16H2,1-5H3,(H,25,27)/t19-,20?,21+/m0/s1. The molecule has 3 atom stereocenters. The highest BCUT2D eigenvalue weighted by atomic mass is 16.7. The number of nitrogens with one attached hydrogen (secondary N) is 1. The minimum absolute atomic E-state index is 0.131. The molecule has 0 aromatic heterocycles. The van der Waals surface area contributed by atoms with Crippen LogP contribution in [0.4, 0.5) is 4.79 Å². The molecule has 31 heavy (non-hydrogen) atoms. The van der Waals surface area contributed by atoms with Gasteiger partial charge < -0.3 is 24.3 Å². The van der Waals surface area contributed by atoms with Crippen molar-refractivity contribution in [1.82, 2.24) is 5.32 Å². The van der Waals surface area contributed by atoms with Gasteiger partial charge in [-0.1, -0.05) is 44.2 Å². The summed E-state index contributed by atoms with van der Waals surface area (Å²) in [6.45, 7) is 10.1.